The first-order valence-corrected chi connectivity index (χ1v) is 10.5. The summed E-state index contributed by atoms with van der Waals surface area (Å²) in [6.45, 7) is 4.72. The van der Waals surface area contributed by atoms with Crippen LogP contribution in [0.2, 0.25) is 0 Å². The Morgan fingerprint density at radius 3 is 2.81 bits per heavy atom. The molecule has 0 spiro atoms. The number of aliphatic imine (C=N–C) groups is 1. The Morgan fingerprint density at radius 1 is 1.26 bits per heavy atom. The molecule has 0 saturated carbocycles. The summed E-state index contributed by atoms with van der Waals surface area (Å²) >= 11 is 0. The van der Waals surface area contributed by atoms with Gasteiger partial charge in [0.1, 0.15) is 11.6 Å². The number of piperidine rings is 1. The fourth-order valence-corrected chi connectivity index (χ4v) is 4.02. The average Bonchev–Trinajstić information content (AvgIpc) is 3.15. The molecule has 1 fully saturated rings. The third-order valence-electron chi connectivity index (χ3n) is 5.67. The lowest BCUT2D eigenvalue weighted by atomic mass is 10.1. The molecule has 6 nitrogen and oxygen atoms in total. The second kappa shape index (κ2) is 10.8. The summed E-state index contributed by atoms with van der Waals surface area (Å²) in [7, 11) is 1.79. The Bertz CT molecular complexity index is 1030. The van der Waals surface area contributed by atoms with Crippen LogP contribution in [0.1, 0.15) is 24.1 Å². The van der Waals surface area contributed by atoms with Gasteiger partial charge >= 0.3 is 0 Å². The maximum atomic E-state index is 13.5. The molecule has 3 aromatic rings. The standard InChI is InChI=1S/C23H29FN6.HI/c1-16-4-3-5-22(28-16)30-12-9-19(10-13-30)29-23(25-2)26-11-8-17-15-27-21-7-6-18(24)14-20(17)21;/h3-7,14-15,19,27H,8-13H2,1-2H3,(H2,25,26,29);1H. The van der Waals surface area contributed by atoms with Crippen LogP contribution in [0.3, 0.4) is 0 Å². The van der Waals surface area contributed by atoms with Gasteiger partial charge in [-0.2, -0.15) is 0 Å². The molecule has 31 heavy (non-hydrogen) atoms. The first-order valence-electron chi connectivity index (χ1n) is 10.5. The number of halogens is 2. The lowest BCUT2D eigenvalue weighted by Crippen LogP contribution is -2.49. The van der Waals surface area contributed by atoms with Crippen molar-refractivity contribution in [3.05, 3.63) is 59.7 Å². The number of guanidine groups is 1. The maximum absolute atomic E-state index is 13.5. The summed E-state index contributed by atoms with van der Waals surface area (Å²) in [6.07, 6.45) is 4.83. The number of nitrogens with zero attached hydrogens (tertiary/aromatic N) is 3. The SMILES string of the molecule is CN=C(NCCc1c[nH]c2ccc(F)cc12)NC1CCN(c2cccc(C)n2)CC1.I. The van der Waals surface area contributed by atoms with E-state index in [0.717, 1.165) is 72.8 Å². The van der Waals surface area contributed by atoms with Crippen molar-refractivity contribution in [2.24, 2.45) is 4.99 Å². The highest BCUT2D eigenvalue weighted by molar-refractivity contribution is 14.0. The number of aromatic nitrogens is 2. The van der Waals surface area contributed by atoms with Crippen LogP contribution in [-0.2, 0) is 6.42 Å². The molecular formula is C23H30FIN6. The van der Waals surface area contributed by atoms with Gasteiger partial charge in [-0.1, -0.05) is 6.07 Å². The Labute approximate surface area is 199 Å². The van der Waals surface area contributed by atoms with Crippen LogP contribution in [0.5, 0.6) is 0 Å². The van der Waals surface area contributed by atoms with Gasteiger partial charge in [-0.05, 0) is 62.1 Å². The molecule has 0 radical (unpaired) electrons. The highest BCUT2D eigenvalue weighted by Crippen LogP contribution is 2.20. The summed E-state index contributed by atoms with van der Waals surface area (Å²) in [4.78, 5) is 14.6. The van der Waals surface area contributed by atoms with E-state index < -0.39 is 0 Å². The number of hydrogen-bond acceptors (Lipinski definition) is 3. The van der Waals surface area contributed by atoms with Crippen LogP contribution < -0.4 is 15.5 Å². The topological polar surface area (TPSA) is 68.3 Å². The van der Waals surface area contributed by atoms with Gasteiger partial charge in [0.25, 0.3) is 0 Å². The van der Waals surface area contributed by atoms with Crippen molar-refractivity contribution in [3.63, 3.8) is 0 Å². The first-order chi connectivity index (χ1) is 14.6. The van der Waals surface area contributed by atoms with Crippen molar-refractivity contribution in [2.75, 3.05) is 31.6 Å². The molecule has 1 aromatic carbocycles. The fourth-order valence-electron chi connectivity index (χ4n) is 4.02. The quantitative estimate of drug-likeness (QED) is 0.262. The Hall–Kier alpha value is -2.36. The number of nitrogens with one attached hydrogen (secondary N) is 3. The minimum Gasteiger partial charge on any atom is -0.361 e. The van der Waals surface area contributed by atoms with Gasteiger partial charge in [0.05, 0.1) is 0 Å². The Kier molecular flexibility index (Phi) is 8.11. The molecule has 1 saturated heterocycles. The zero-order valence-corrected chi connectivity index (χ0v) is 20.3. The van der Waals surface area contributed by atoms with Gasteiger partial charge in [0.15, 0.2) is 5.96 Å². The summed E-state index contributed by atoms with van der Waals surface area (Å²) < 4.78 is 13.5. The second-order valence-corrected chi connectivity index (χ2v) is 7.80. The second-order valence-electron chi connectivity index (χ2n) is 7.80. The number of aromatic amines is 1. The molecule has 0 atom stereocenters. The highest BCUT2D eigenvalue weighted by Gasteiger charge is 2.21. The van der Waals surface area contributed by atoms with E-state index in [4.69, 9.17) is 0 Å². The molecule has 4 rings (SSSR count). The molecule has 1 aliphatic heterocycles. The van der Waals surface area contributed by atoms with Crippen molar-refractivity contribution < 1.29 is 4.39 Å². The number of rotatable bonds is 5. The van der Waals surface area contributed by atoms with E-state index in [2.05, 4.69) is 42.6 Å². The van der Waals surface area contributed by atoms with Crippen LogP contribution in [-0.4, -0.2) is 48.7 Å². The van der Waals surface area contributed by atoms with E-state index in [9.17, 15) is 4.39 Å². The van der Waals surface area contributed by atoms with Crippen molar-refractivity contribution >= 4 is 46.7 Å². The van der Waals surface area contributed by atoms with Crippen LogP contribution in [0, 0.1) is 12.7 Å². The minimum absolute atomic E-state index is 0. The zero-order chi connectivity index (χ0) is 20.9. The van der Waals surface area contributed by atoms with Crippen LogP contribution >= 0.6 is 24.0 Å². The summed E-state index contributed by atoms with van der Waals surface area (Å²) in [5.41, 5.74) is 3.12. The van der Waals surface area contributed by atoms with Crippen molar-refractivity contribution in [2.45, 2.75) is 32.2 Å². The maximum Gasteiger partial charge on any atom is 0.191 e. The monoisotopic (exact) mass is 536 g/mol. The number of H-pyrrole nitrogens is 1. The van der Waals surface area contributed by atoms with Gasteiger partial charge in [-0.3, -0.25) is 4.99 Å². The predicted molar refractivity (Wildman–Crippen MR) is 136 cm³/mol. The van der Waals surface area contributed by atoms with Crippen LogP contribution in [0.25, 0.3) is 10.9 Å². The molecule has 0 bridgehead atoms. The number of anilines is 1. The van der Waals surface area contributed by atoms with E-state index in [1.807, 2.05) is 19.2 Å². The van der Waals surface area contributed by atoms with Crippen LogP contribution in [0.4, 0.5) is 10.2 Å². The van der Waals surface area contributed by atoms with Gasteiger partial charge in [-0.25, -0.2) is 9.37 Å². The summed E-state index contributed by atoms with van der Waals surface area (Å²) in [5, 5.41) is 7.87. The zero-order valence-electron chi connectivity index (χ0n) is 18.0. The van der Waals surface area contributed by atoms with Gasteiger partial charge in [0, 0.05) is 55.5 Å². The Morgan fingerprint density at radius 2 is 2.06 bits per heavy atom. The number of hydrogen-bond donors (Lipinski definition) is 3. The lowest BCUT2D eigenvalue weighted by molar-refractivity contribution is 0.459. The average molecular weight is 536 g/mol. The molecule has 0 amide bonds. The number of pyridine rings is 1. The predicted octanol–water partition coefficient (Wildman–Crippen LogP) is 4.00. The Balaban J connectivity index is 0.00000272. The van der Waals surface area contributed by atoms with E-state index >= 15 is 0 Å². The number of fused-ring (bicyclic) bond motifs is 1. The van der Waals surface area contributed by atoms with Crippen LogP contribution in [0.15, 0.2) is 47.6 Å². The third-order valence-corrected chi connectivity index (χ3v) is 5.67. The molecule has 2 aromatic heterocycles. The lowest BCUT2D eigenvalue weighted by Gasteiger charge is -2.34. The molecule has 0 aliphatic carbocycles. The van der Waals surface area contributed by atoms with Crippen molar-refractivity contribution in [1.29, 1.82) is 0 Å². The van der Waals surface area contributed by atoms with Crippen molar-refractivity contribution in [1.82, 2.24) is 20.6 Å². The molecular weight excluding hydrogens is 506 g/mol. The van der Waals surface area contributed by atoms with E-state index in [-0.39, 0.29) is 29.8 Å². The first kappa shape index (κ1) is 23.3. The number of benzene rings is 1. The van der Waals surface area contributed by atoms with Crippen molar-refractivity contribution in [3.8, 4) is 0 Å². The summed E-state index contributed by atoms with van der Waals surface area (Å²) in [5.74, 6) is 1.67. The van der Waals surface area contributed by atoms with Gasteiger partial charge in [0.2, 0.25) is 0 Å². The normalized spacial score (nSPS) is 15.1. The molecule has 8 heteroatoms. The minimum atomic E-state index is -0.207. The summed E-state index contributed by atoms with van der Waals surface area (Å²) in [6, 6.07) is 11.4. The highest BCUT2D eigenvalue weighted by atomic mass is 127. The third kappa shape index (κ3) is 5.87. The molecule has 3 N–H and O–H groups in total. The largest absolute Gasteiger partial charge is 0.361 e. The smallest absolute Gasteiger partial charge is 0.191 e. The van der Waals surface area contributed by atoms with E-state index in [1.165, 1.54) is 6.07 Å². The molecule has 1 aliphatic rings. The van der Waals surface area contributed by atoms with E-state index in [0.29, 0.717) is 6.04 Å². The fraction of sp³-hybridized carbons (Fsp3) is 0.391. The van der Waals surface area contributed by atoms with Gasteiger partial charge in [-0.15, -0.1) is 24.0 Å². The van der Waals surface area contributed by atoms with Gasteiger partial charge < -0.3 is 20.5 Å². The molecule has 0 unspecified atom stereocenters. The molecule has 3 heterocycles. The van der Waals surface area contributed by atoms with E-state index in [1.54, 1.807) is 19.2 Å². The molecule has 166 valence electrons. The number of aryl methyl sites for hydroxylation is 1.